The zero-order chi connectivity index (χ0) is 12.2. The number of hydrogen-bond donors (Lipinski definition) is 2. The Morgan fingerprint density at radius 3 is 2.89 bits per heavy atom. The van der Waals surface area contributed by atoms with Crippen molar-refractivity contribution in [1.82, 2.24) is 15.2 Å². The molecule has 3 rings (SSSR count). The van der Waals surface area contributed by atoms with Crippen LogP contribution in [0.5, 0.6) is 0 Å². The number of benzene rings is 1. The molecule has 5 heteroatoms. The first kappa shape index (κ1) is 11.0. The van der Waals surface area contributed by atoms with E-state index in [0.29, 0.717) is 0 Å². The van der Waals surface area contributed by atoms with E-state index in [1.54, 1.807) is 17.5 Å². The molecule has 0 radical (unpaired) electrons. The summed E-state index contributed by atoms with van der Waals surface area (Å²) in [5.41, 5.74) is 3.17. The van der Waals surface area contributed by atoms with Crippen molar-refractivity contribution in [1.29, 1.82) is 0 Å². The summed E-state index contributed by atoms with van der Waals surface area (Å²) in [7, 11) is 0. The van der Waals surface area contributed by atoms with Gasteiger partial charge in [-0.15, -0.1) is 11.3 Å². The SMILES string of the molecule is c1ccc(-c2csc(CNc3cn[nH]c3)n2)cc1. The minimum absolute atomic E-state index is 0.719. The summed E-state index contributed by atoms with van der Waals surface area (Å²) in [4.78, 5) is 4.61. The van der Waals surface area contributed by atoms with Crippen molar-refractivity contribution in [2.45, 2.75) is 6.54 Å². The Morgan fingerprint density at radius 2 is 2.11 bits per heavy atom. The molecule has 0 amide bonds. The molecule has 90 valence electrons. The van der Waals surface area contributed by atoms with Gasteiger partial charge in [-0.2, -0.15) is 5.10 Å². The van der Waals surface area contributed by atoms with Crippen LogP contribution in [0.25, 0.3) is 11.3 Å². The molecule has 1 aromatic carbocycles. The molecule has 0 aliphatic heterocycles. The molecule has 3 aromatic rings. The number of hydrogen-bond acceptors (Lipinski definition) is 4. The van der Waals surface area contributed by atoms with E-state index in [4.69, 9.17) is 0 Å². The lowest BCUT2D eigenvalue weighted by atomic mass is 10.2. The standard InChI is InChI=1S/C13H12N4S/c1-2-4-10(5-3-1)12-9-18-13(17-12)8-14-11-6-15-16-7-11/h1-7,9,14H,8H2,(H,15,16). The third-order valence-electron chi connectivity index (χ3n) is 2.56. The summed E-state index contributed by atoms with van der Waals surface area (Å²) in [6.45, 7) is 0.719. The van der Waals surface area contributed by atoms with Crippen LogP contribution in [0.15, 0.2) is 48.1 Å². The molecule has 0 spiro atoms. The fraction of sp³-hybridized carbons (Fsp3) is 0.0769. The number of H-pyrrole nitrogens is 1. The minimum atomic E-state index is 0.719. The molecule has 0 bridgehead atoms. The van der Waals surface area contributed by atoms with Crippen molar-refractivity contribution >= 4 is 17.0 Å². The van der Waals surface area contributed by atoms with Crippen molar-refractivity contribution < 1.29 is 0 Å². The molecule has 2 N–H and O–H groups in total. The van der Waals surface area contributed by atoms with Crippen LogP contribution >= 0.6 is 11.3 Å². The lowest BCUT2D eigenvalue weighted by Gasteiger charge is -1.98. The van der Waals surface area contributed by atoms with Crippen LogP contribution in [0.3, 0.4) is 0 Å². The smallest absolute Gasteiger partial charge is 0.112 e. The van der Waals surface area contributed by atoms with Crippen LogP contribution in [0, 0.1) is 0 Å². The normalized spacial score (nSPS) is 10.4. The maximum atomic E-state index is 4.61. The van der Waals surface area contributed by atoms with E-state index in [9.17, 15) is 0 Å². The quantitative estimate of drug-likeness (QED) is 0.754. The van der Waals surface area contributed by atoms with Crippen LogP contribution in [0.2, 0.25) is 0 Å². The third kappa shape index (κ3) is 2.41. The van der Waals surface area contributed by atoms with Crippen LogP contribution in [0.1, 0.15) is 5.01 Å². The Kier molecular flexibility index (Phi) is 3.06. The molecule has 18 heavy (non-hydrogen) atoms. The maximum absolute atomic E-state index is 4.61. The molecule has 2 aromatic heterocycles. The molecule has 0 saturated heterocycles. The molecule has 4 nitrogen and oxygen atoms in total. The van der Waals surface area contributed by atoms with Gasteiger partial charge in [-0.05, 0) is 0 Å². The van der Waals surface area contributed by atoms with Crippen LogP contribution < -0.4 is 5.32 Å². The average Bonchev–Trinajstić information content (AvgIpc) is 3.09. The van der Waals surface area contributed by atoms with Crippen molar-refractivity contribution in [3.63, 3.8) is 0 Å². The Hall–Kier alpha value is -2.14. The second-order valence-electron chi connectivity index (χ2n) is 3.83. The van der Waals surface area contributed by atoms with Gasteiger partial charge in [-0.3, -0.25) is 5.10 Å². The van der Waals surface area contributed by atoms with Crippen molar-refractivity contribution in [3.05, 3.63) is 53.1 Å². The lowest BCUT2D eigenvalue weighted by molar-refractivity contribution is 1.09. The summed E-state index contributed by atoms with van der Waals surface area (Å²) in [5.74, 6) is 0. The number of nitrogens with one attached hydrogen (secondary N) is 2. The maximum Gasteiger partial charge on any atom is 0.112 e. The van der Waals surface area contributed by atoms with Crippen molar-refractivity contribution in [3.8, 4) is 11.3 Å². The molecule has 0 aliphatic rings. The van der Waals surface area contributed by atoms with E-state index in [1.807, 2.05) is 24.4 Å². The highest BCUT2D eigenvalue weighted by atomic mass is 32.1. The van der Waals surface area contributed by atoms with Gasteiger partial charge in [0, 0.05) is 17.1 Å². The first-order valence-electron chi connectivity index (χ1n) is 5.64. The first-order valence-corrected chi connectivity index (χ1v) is 6.52. The van der Waals surface area contributed by atoms with Gasteiger partial charge in [0.05, 0.1) is 24.1 Å². The molecular weight excluding hydrogens is 244 g/mol. The molecular formula is C13H12N4S. The van der Waals surface area contributed by atoms with Crippen LogP contribution in [-0.4, -0.2) is 15.2 Å². The van der Waals surface area contributed by atoms with Gasteiger partial charge in [0.15, 0.2) is 0 Å². The zero-order valence-electron chi connectivity index (χ0n) is 9.63. The molecule has 2 heterocycles. The minimum Gasteiger partial charge on any atom is -0.376 e. The van der Waals surface area contributed by atoms with E-state index in [-0.39, 0.29) is 0 Å². The molecule has 0 saturated carbocycles. The van der Waals surface area contributed by atoms with Crippen LogP contribution in [-0.2, 0) is 6.54 Å². The van der Waals surface area contributed by atoms with E-state index >= 15 is 0 Å². The second kappa shape index (κ2) is 5.01. The topological polar surface area (TPSA) is 53.6 Å². The Labute approximate surface area is 109 Å². The number of aromatic amines is 1. The largest absolute Gasteiger partial charge is 0.376 e. The Bertz CT molecular complexity index is 601. The van der Waals surface area contributed by atoms with E-state index in [0.717, 1.165) is 28.5 Å². The Morgan fingerprint density at radius 1 is 1.22 bits per heavy atom. The van der Waals surface area contributed by atoms with Gasteiger partial charge < -0.3 is 5.32 Å². The summed E-state index contributed by atoms with van der Waals surface area (Å²) >= 11 is 1.66. The molecule has 0 aliphatic carbocycles. The zero-order valence-corrected chi connectivity index (χ0v) is 10.4. The summed E-state index contributed by atoms with van der Waals surface area (Å²) < 4.78 is 0. The monoisotopic (exact) mass is 256 g/mol. The van der Waals surface area contributed by atoms with Gasteiger partial charge >= 0.3 is 0 Å². The molecule has 0 atom stereocenters. The number of rotatable bonds is 4. The Balaban J connectivity index is 1.70. The summed E-state index contributed by atoms with van der Waals surface area (Å²) in [6.07, 6.45) is 3.58. The first-order chi connectivity index (χ1) is 8.92. The van der Waals surface area contributed by atoms with Gasteiger partial charge in [-0.25, -0.2) is 4.98 Å². The van der Waals surface area contributed by atoms with Crippen molar-refractivity contribution in [2.75, 3.05) is 5.32 Å². The van der Waals surface area contributed by atoms with Gasteiger partial charge in [0.1, 0.15) is 5.01 Å². The fourth-order valence-electron chi connectivity index (χ4n) is 1.66. The van der Waals surface area contributed by atoms with Gasteiger partial charge in [-0.1, -0.05) is 30.3 Å². The fourth-order valence-corrected chi connectivity index (χ4v) is 2.40. The predicted molar refractivity (Wildman–Crippen MR) is 73.5 cm³/mol. The number of anilines is 1. The average molecular weight is 256 g/mol. The number of nitrogens with zero attached hydrogens (tertiary/aromatic N) is 2. The van der Waals surface area contributed by atoms with Crippen molar-refractivity contribution in [2.24, 2.45) is 0 Å². The van der Waals surface area contributed by atoms with E-state index < -0.39 is 0 Å². The highest BCUT2D eigenvalue weighted by Gasteiger charge is 2.04. The van der Waals surface area contributed by atoms with Gasteiger partial charge in [0.2, 0.25) is 0 Å². The predicted octanol–water partition coefficient (Wildman–Crippen LogP) is 3.15. The van der Waals surface area contributed by atoms with E-state index in [2.05, 4.69) is 38.0 Å². The number of aromatic nitrogens is 3. The lowest BCUT2D eigenvalue weighted by Crippen LogP contribution is -1.97. The number of thiazole rings is 1. The second-order valence-corrected chi connectivity index (χ2v) is 4.78. The molecule has 0 fully saturated rings. The van der Waals surface area contributed by atoms with Crippen LogP contribution in [0.4, 0.5) is 5.69 Å². The third-order valence-corrected chi connectivity index (χ3v) is 3.41. The molecule has 0 unspecified atom stereocenters. The summed E-state index contributed by atoms with van der Waals surface area (Å²) in [5, 5.41) is 13.1. The highest BCUT2D eigenvalue weighted by Crippen LogP contribution is 2.21. The highest BCUT2D eigenvalue weighted by molar-refractivity contribution is 7.09. The van der Waals surface area contributed by atoms with E-state index in [1.165, 1.54) is 0 Å². The summed E-state index contributed by atoms with van der Waals surface area (Å²) in [6, 6.07) is 10.2. The van der Waals surface area contributed by atoms with Gasteiger partial charge in [0.25, 0.3) is 0 Å².